The third-order valence-electron chi connectivity index (χ3n) is 6.33. The second-order valence-electron chi connectivity index (χ2n) is 9.02. The minimum absolute atomic E-state index is 0.120. The van der Waals surface area contributed by atoms with Crippen LogP contribution < -0.4 is 9.62 Å². The van der Waals surface area contributed by atoms with Gasteiger partial charge < -0.3 is 10.2 Å². The van der Waals surface area contributed by atoms with Gasteiger partial charge in [-0.3, -0.25) is 13.9 Å². The second-order valence-corrected chi connectivity index (χ2v) is 11.8. The molecular formula is C26H34BrN3O4S. The quantitative estimate of drug-likeness (QED) is 0.462. The number of carbonyl (C=O) groups excluding carboxylic acids is 2. The van der Waals surface area contributed by atoms with Gasteiger partial charge in [0.2, 0.25) is 21.8 Å². The summed E-state index contributed by atoms with van der Waals surface area (Å²) in [6.07, 6.45) is 6.75. The van der Waals surface area contributed by atoms with E-state index >= 15 is 0 Å². The number of halogens is 1. The number of anilines is 1. The molecule has 2 aromatic rings. The third kappa shape index (κ3) is 7.80. The zero-order chi connectivity index (χ0) is 25.4. The van der Waals surface area contributed by atoms with Crippen LogP contribution in [0, 0.1) is 0 Å². The summed E-state index contributed by atoms with van der Waals surface area (Å²) in [5.74, 6) is -0.605. The first-order valence-corrected chi connectivity index (χ1v) is 14.7. The van der Waals surface area contributed by atoms with Gasteiger partial charge in [0.15, 0.2) is 0 Å². The van der Waals surface area contributed by atoms with Crippen LogP contribution in [0.5, 0.6) is 0 Å². The number of benzene rings is 2. The number of sulfonamides is 1. The first-order valence-electron chi connectivity index (χ1n) is 12.1. The van der Waals surface area contributed by atoms with Gasteiger partial charge >= 0.3 is 0 Å². The summed E-state index contributed by atoms with van der Waals surface area (Å²) >= 11 is 3.35. The molecule has 1 aliphatic rings. The van der Waals surface area contributed by atoms with Crippen molar-refractivity contribution in [3.05, 3.63) is 64.6 Å². The Labute approximate surface area is 217 Å². The number of nitrogens with zero attached hydrogens (tertiary/aromatic N) is 2. The second kappa shape index (κ2) is 12.5. The Morgan fingerprint density at radius 2 is 1.66 bits per heavy atom. The summed E-state index contributed by atoms with van der Waals surface area (Å²) in [5.41, 5.74) is 1.27. The van der Waals surface area contributed by atoms with Crippen molar-refractivity contribution in [3.63, 3.8) is 0 Å². The predicted molar refractivity (Wildman–Crippen MR) is 142 cm³/mol. The van der Waals surface area contributed by atoms with Gasteiger partial charge in [0.05, 0.1) is 11.9 Å². The van der Waals surface area contributed by atoms with E-state index in [-0.39, 0.29) is 25.0 Å². The molecule has 2 aromatic carbocycles. The largest absolute Gasteiger partial charge is 0.352 e. The highest BCUT2D eigenvalue weighted by Crippen LogP contribution is 2.23. The summed E-state index contributed by atoms with van der Waals surface area (Å²) in [7, 11) is -3.74. The molecule has 1 saturated carbocycles. The Morgan fingerprint density at radius 1 is 1.03 bits per heavy atom. The van der Waals surface area contributed by atoms with E-state index in [1.54, 1.807) is 24.3 Å². The van der Waals surface area contributed by atoms with Gasteiger partial charge in [-0.25, -0.2) is 8.42 Å². The van der Waals surface area contributed by atoms with Crippen LogP contribution >= 0.6 is 15.9 Å². The van der Waals surface area contributed by atoms with Crippen LogP contribution in [0.25, 0.3) is 0 Å². The summed E-state index contributed by atoms with van der Waals surface area (Å²) in [4.78, 5) is 28.5. The highest BCUT2D eigenvalue weighted by molar-refractivity contribution is 9.10. The van der Waals surface area contributed by atoms with Crippen molar-refractivity contribution in [2.75, 3.05) is 17.1 Å². The number of hydrogen-bond donors (Lipinski definition) is 1. The lowest BCUT2D eigenvalue weighted by Crippen LogP contribution is -2.53. The fraction of sp³-hybridized carbons (Fsp3) is 0.462. The van der Waals surface area contributed by atoms with Crippen molar-refractivity contribution in [1.82, 2.24) is 10.2 Å². The topological polar surface area (TPSA) is 86.8 Å². The van der Waals surface area contributed by atoms with Crippen molar-refractivity contribution in [3.8, 4) is 0 Å². The van der Waals surface area contributed by atoms with E-state index < -0.39 is 22.0 Å². The average Bonchev–Trinajstić information content (AvgIpc) is 2.83. The molecule has 0 aromatic heterocycles. The van der Waals surface area contributed by atoms with Crippen molar-refractivity contribution < 1.29 is 18.0 Å². The maximum Gasteiger partial charge on any atom is 0.244 e. The molecule has 2 amide bonds. The fourth-order valence-electron chi connectivity index (χ4n) is 4.46. The van der Waals surface area contributed by atoms with Gasteiger partial charge in [0, 0.05) is 17.1 Å². The zero-order valence-corrected chi connectivity index (χ0v) is 22.7. The van der Waals surface area contributed by atoms with E-state index in [1.165, 1.54) is 11.3 Å². The number of carbonyl (C=O) groups is 2. The Bertz CT molecular complexity index is 1090. The van der Waals surface area contributed by atoms with Gasteiger partial charge in [-0.1, -0.05) is 72.4 Å². The number of amides is 2. The monoisotopic (exact) mass is 563 g/mol. The highest BCUT2D eigenvalue weighted by Gasteiger charge is 2.32. The molecule has 0 saturated heterocycles. The minimum atomic E-state index is -3.74. The molecule has 0 radical (unpaired) electrons. The van der Waals surface area contributed by atoms with E-state index in [0.29, 0.717) is 12.1 Å². The standard InChI is InChI=1S/C26H34BrN3O4S/c1-3-24(26(32)28-22-12-8-5-9-13-22)29(18-20-10-6-4-7-11-20)25(31)19-30(35(2,33)34)23-16-14-21(27)15-17-23/h4,6-7,10-11,14-17,22,24H,3,5,8-9,12-13,18-19H2,1-2H3,(H,28,32). The molecule has 0 heterocycles. The molecular weight excluding hydrogens is 530 g/mol. The normalized spacial score (nSPS) is 15.3. The minimum Gasteiger partial charge on any atom is -0.352 e. The van der Waals surface area contributed by atoms with E-state index in [0.717, 1.165) is 46.3 Å². The van der Waals surface area contributed by atoms with E-state index in [4.69, 9.17) is 0 Å². The summed E-state index contributed by atoms with van der Waals surface area (Å²) < 4.78 is 27.2. The molecule has 3 rings (SSSR count). The molecule has 0 spiro atoms. The zero-order valence-electron chi connectivity index (χ0n) is 20.3. The number of nitrogens with one attached hydrogen (secondary N) is 1. The molecule has 7 nitrogen and oxygen atoms in total. The summed E-state index contributed by atoms with van der Waals surface area (Å²) in [6.45, 7) is 1.70. The number of hydrogen-bond acceptors (Lipinski definition) is 4. The first kappa shape index (κ1) is 27.2. The molecule has 0 aliphatic heterocycles. The molecule has 9 heteroatoms. The lowest BCUT2D eigenvalue weighted by atomic mass is 9.95. The van der Waals surface area contributed by atoms with Crippen molar-refractivity contribution in [2.45, 2.75) is 64.1 Å². The third-order valence-corrected chi connectivity index (χ3v) is 8.00. The Morgan fingerprint density at radius 3 is 2.23 bits per heavy atom. The van der Waals surface area contributed by atoms with Gasteiger partial charge in [-0.15, -0.1) is 0 Å². The molecule has 1 aliphatic carbocycles. The maximum absolute atomic E-state index is 13.7. The Hall–Kier alpha value is -2.39. The van der Waals surface area contributed by atoms with Crippen LogP contribution in [-0.4, -0.2) is 50.0 Å². The lowest BCUT2D eigenvalue weighted by molar-refractivity contribution is -0.140. The van der Waals surface area contributed by atoms with Crippen LogP contribution in [0.15, 0.2) is 59.1 Å². The predicted octanol–water partition coefficient (Wildman–Crippen LogP) is 4.47. The van der Waals surface area contributed by atoms with Gasteiger partial charge in [0.1, 0.15) is 12.6 Å². The van der Waals surface area contributed by atoms with Crippen molar-refractivity contribution >= 4 is 43.5 Å². The van der Waals surface area contributed by atoms with Gasteiger partial charge in [0.25, 0.3) is 0 Å². The molecule has 0 bridgehead atoms. The first-order chi connectivity index (χ1) is 16.7. The fourth-order valence-corrected chi connectivity index (χ4v) is 5.58. The molecule has 190 valence electrons. The average molecular weight is 565 g/mol. The molecule has 1 N–H and O–H groups in total. The van der Waals surface area contributed by atoms with Gasteiger partial charge in [-0.05, 0) is 49.1 Å². The lowest BCUT2D eigenvalue weighted by Gasteiger charge is -2.34. The Kier molecular flexibility index (Phi) is 9.74. The number of rotatable bonds is 10. The molecule has 1 fully saturated rings. The Balaban J connectivity index is 1.88. The van der Waals surface area contributed by atoms with Crippen LogP contribution in [0.4, 0.5) is 5.69 Å². The van der Waals surface area contributed by atoms with Crippen molar-refractivity contribution in [1.29, 1.82) is 0 Å². The van der Waals surface area contributed by atoms with Crippen LogP contribution in [0.2, 0.25) is 0 Å². The van der Waals surface area contributed by atoms with E-state index in [9.17, 15) is 18.0 Å². The van der Waals surface area contributed by atoms with E-state index in [1.807, 2.05) is 37.3 Å². The van der Waals surface area contributed by atoms with Crippen molar-refractivity contribution in [2.24, 2.45) is 0 Å². The van der Waals surface area contributed by atoms with E-state index in [2.05, 4.69) is 21.2 Å². The van der Waals surface area contributed by atoms with Crippen LogP contribution in [0.3, 0.4) is 0 Å². The molecule has 35 heavy (non-hydrogen) atoms. The summed E-state index contributed by atoms with van der Waals surface area (Å²) in [5, 5.41) is 3.14. The van der Waals surface area contributed by atoms with Crippen LogP contribution in [-0.2, 0) is 26.2 Å². The molecule has 1 atom stereocenters. The van der Waals surface area contributed by atoms with Gasteiger partial charge in [-0.2, -0.15) is 0 Å². The molecule has 1 unspecified atom stereocenters. The maximum atomic E-state index is 13.7. The summed E-state index contributed by atoms with van der Waals surface area (Å²) in [6, 6.07) is 15.6. The SMILES string of the molecule is CCC(C(=O)NC1CCCCC1)N(Cc1ccccc1)C(=O)CN(c1ccc(Br)cc1)S(C)(=O)=O. The smallest absolute Gasteiger partial charge is 0.244 e. The highest BCUT2D eigenvalue weighted by atomic mass is 79.9. The van der Waals surface area contributed by atoms with Crippen LogP contribution in [0.1, 0.15) is 51.0 Å².